The summed E-state index contributed by atoms with van der Waals surface area (Å²) in [5.74, 6) is -0.909. The minimum absolute atomic E-state index is 0.0234. The number of fused-ring (bicyclic) bond motifs is 1. The van der Waals surface area contributed by atoms with E-state index < -0.39 is 11.6 Å². The van der Waals surface area contributed by atoms with E-state index in [0.29, 0.717) is 22.6 Å². The van der Waals surface area contributed by atoms with Crippen LogP contribution in [-0.2, 0) is 5.75 Å². The van der Waals surface area contributed by atoms with Gasteiger partial charge in [-0.2, -0.15) is 4.98 Å². The van der Waals surface area contributed by atoms with Crippen molar-refractivity contribution in [2.45, 2.75) is 36.7 Å². The Hall–Kier alpha value is -3.07. The molecular formula is C21H16F2N4O2S. The van der Waals surface area contributed by atoms with Crippen LogP contribution in [0, 0.1) is 18.6 Å². The highest BCUT2D eigenvalue weighted by Crippen LogP contribution is 2.37. The molecule has 2 aromatic heterocycles. The molecular weight excluding hydrogens is 410 g/mol. The molecule has 0 N–H and O–H groups in total. The Morgan fingerprint density at radius 1 is 1.17 bits per heavy atom. The molecule has 2 heterocycles. The zero-order valence-corrected chi connectivity index (χ0v) is 16.7. The SMILES string of the molecule is Cc1ccccc1-c1noc(CSc2nc3cc(F)c(F)cc3c(=O)n2C2CC2)n1. The van der Waals surface area contributed by atoms with Crippen molar-refractivity contribution in [3.63, 3.8) is 0 Å². The fourth-order valence-electron chi connectivity index (χ4n) is 3.30. The first-order chi connectivity index (χ1) is 14.5. The Bertz CT molecular complexity index is 1330. The minimum Gasteiger partial charge on any atom is -0.338 e. The zero-order chi connectivity index (χ0) is 20.8. The second kappa shape index (κ2) is 7.32. The fraction of sp³-hybridized carbons (Fsp3) is 0.238. The van der Waals surface area contributed by atoms with Gasteiger partial charge in [-0.1, -0.05) is 41.2 Å². The maximum atomic E-state index is 13.7. The molecule has 1 fully saturated rings. The number of rotatable bonds is 5. The Kier molecular flexibility index (Phi) is 4.62. The summed E-state index contributed by atoms with van der Waals surface area (Å²) in [6.07, 6.45) is 1.70. The first-order valence-corrected chi connectivity index (χ1v) is 10.4. The van der Waals surface area contributed by atoms with Crippen LogP contribution in [0.15, 0.2) is 50.9 Å². The molecule has 152 valence electrons. The van der Waals surface area contributed by atoms with Crippen LogP contribution in [0.1, 0.15) is 30.3 Å². The van der Waals surface area contributed by atoms with Crippen molar-refractivity contribution in [2.75, 3.05) is 0 Å². The molecule has 6 nitrogen and oxygen atoms in total. The van der Waals surface area contributed by atoms with Crippen molar-refractivity contribution in [3.8, 4) is 11.4 Å². The molecule has 0 amide bonds. The third-order valence-corrected chi connectivity index (χ3v) is 5.94. The molecule has 0 spiro atoms. The monoisotopic (exact) mass is 426 g/mol. The average molecular weight is 426 g/mol. The van der Waals surface area contributed by atoms with Crippen molar-refractivity contribution in [2.24, 2.45) is 0 Å². The maximum Gasteiger partial charge on any atom is 0.262 e. The predicted molar refractivity (Wildman–Crippen MR) is 108 cm³/mol. The first kappa shape index (κ1) is 18.9. The van der Waals surface area contributed by atoms with Crippen LogP contribution in [0.25, 0.3) is 22.3 Å². The molecule has 0 aliphatic heterocycles. The highest BCUT2D eigenvalue weighted by molar-refractivity contribution is 7.98. The van der Waals surface area contributed by atoms with Gasteiger partial charge in [-0.05, 0) is 31.4 Å². The standard InChI is InChI=1S/C21H16F2N4O2S/c1-11-4-2-3-5-13(11)19-25-18(29-26-19)10-30-21-24-17-9-16(23)15(22)8-14(17)20(28)27(21)12-6-7-12/h2-5,8-9,12H,6-7,10H2,1H3. The van der Waals surface area contributed by atoms with Crippen LogP contribution < -0.4 is 5.56 Å². The largest absolute Gasteiger partial charge is 0.338 e. The van der Waals surface area contributed by atoms with Crippen LogP contribution in [0.4, 0.5) is 8.78 Å². The summed E-state index contributed by atoms with van der Waals surface area (Å²) < 4.78 is 34.2. The van der Waals surface area contributed by atoms with Crippen LogP contribution in [0.5, 0.6) is 0 Å². The number of aromatic nitrogens is 4. The zero-order valence-electron chi connectivity index (χ0n) is 15.9. The number of hydrogen-bond acceptors (Lipinski definition) is 6. The smallest absolute Gasteiger partial charge is 0.262 e. The van der Waals surface area contributed by atoms with Crippen molar-refractivity contribution >= 4 is 22.7 Å². The Morgan fingerprint density at radius 2 is 1.93 bits per heavy atom. The summed E-state index contributed by atoms with van der Waals surface area (Å²) >= 11 is 1.26. The average Bonchev–Trinajstić information content (AvgIpc) is 3.45. The topological polar surface area (TPSA) is 73.8 Å². The summed E-state index contributed by atoms with van der Waals surface area (Å²) in [6.45, 7) is 1.97. The molecule has 30 heavy (non-hydrogen) atoms. The number of halogens is 2. The molecule has 0 radical (unpaired) electrons. The van der Waals surface area contributed by atoms with Crippen molar-refractivity contribution in [1.29, 1.82) is 0 Å². The van der Waals surface area contributed by atoms with Gasteiger partial charge in [-0.25, -0.2) is 13.8 Å². The molecule has 0 atom stereocenters. The highest BCUT2D eigenvalue weighted by atomic mass is 32.2. The van der Waals surface area contributed by atoms with E-state index in [2.05, 4.69) is 15.1 Å². The lowest BCUT2D eigenvalue weighted by Gasteiger charge is -2.11. The van der Waals surface area contributed by atoms with Crippen molar-refractivity contribution < 1.29 is 13.3 Å². The molecule has 1 aliphatic carbocycles. The molecule has 0 bridgehead atoms. The van der Waals surface area contributed by atoms with Gasteiger partial charge in [0.1, 0.15) is 0 Å². The number of thioether (sulfide) groups is 1. The summed E-state index contributed by atoms with van der Waals surface area (Å²) in [5, 5.41) is 4.54. The summed E-state index contributed by atoms with van der Waals surface area (Å²) in [5.41, 5.74) is 1.68. The Labute approximate surface area is 173 Å². The molecule has 0 saturated heterocycles. The molecule has 2 aromatic carbocycles. The summed E-state index contributed by atoms with van der Waals surface area (Å²) in [7, 11) is 0. The van der Waals surface area contributed by atoms with E-state index in [4.69, 9.17) is 4.52 Å². The number of aryl methyl sites for hydroxylation is 1. The van der Waals surface area contributed by atoms with Crippen molar-refractivity contribution in [3.05, 3.63) is 69.8 Å². The predicted octanol–water partition coefficient (Wildman–Crippen LogP) is 4.66. The van der Waals surface area contributed by atoms with E-state index >= 15 is 0 Å². The van der Waals surface area contributed by atoms with Crippen LogP contribution >= 0.6 is 11.8 Å². The van der Waals surface area contributed by atoms with Gasteiger partial charge in [0.25, 0.3) is 5.56 Å². The van der Waals surface area contributed by atoms with E-state index in [-0.39, 0.29) is 22.5 Å². The van der Waals surface area contributed by atoms with E-state index in [1.807, 2.05) is 31.2 Å². The molecule has 9 heteroatoms. The van der Waals surface area contributed by atoms with E-state index in [1.54, 1.807) is 4.57 Å². The van der Waals surface area contributed by atoms with E-state index in [9.17, 15) is 13.6 Å². The molecule has 5 rings (SSSR count). The van der Waals surface area contributed by atoms with Gasteiger partial charge in [0.2, 0.25) is 11.7 Å². The van der Waals surface area contributed by atoms with Crippen LogP contribution in [0.3, 0.4) is 0 Å². The van der Waals surface area contributed by atoms with Gasteiger partial charge in [0.05, 0.1) is 16.7 Å². The van der Waals surface area contributed by atoms with Crippen LogP contribution in [0.2, 0.25) is 0 Å². The van der Waals surface area contributed by atoms with Gasteiger partial charge in [0, 0.05) is 17.7 Å². The van der Waals surface area contributed by atoms with Gasteiger partial charge in [-0.3, -0.25) is 9.36 Å². The van der Waals surface area contributed by atoms with Crippen molar-refractivity contribution in [1.82, 2.24) is 19.7 Å². The van der Waals surface area contributed by atoms with Gasteiger partial charge in [-0.15, -0.1) is 0 Å². The Morgan fingerprint density at radius 3 is 2.70 bits per heavy atom. The molecule has 0 unspecified atom stereocenters. The molecule has 4 aromatic rings. The number of benzene rings is 2. The highest BCUT2D eigenvalue weighted by Gasteiger charge is 2.29. The minimum atomic E-state index is -1.06. The number of nitrogens with zero attached hydrogens (tertiary/aromatic N) is 4. The maximum absolute atomic E-state index is 13.7. The van der Waals surface area contributed by atoms with Crippen LogP contribution in [-0.4, -0.2) is 19.7 Å². The second-order valence-electron chi connectivity index (χ2n) is 7.20. The lowest BCUT2D eigenvalue weighted by atomic mass is 10.1. The Balaban J connectivity index is 1.47. The third-order valence-electron chi connectivity index (χ3n) is 5.00. The molecule has 1 saturated carbocycles. The number of hydrogen-bond donors (Lipinski definition) is 0. The lowest BCUT2D eigenvalue weighted by Crippen LogP contribution is -2.22. The van der Waals surface area contributed by atoms with E-state index in [0.717, 1.165) is 36.1 Å². The first-order valence-electron chi connectivity index (χ1n) is 9.44. The van der Waals surface area contributed by atoms with Gasteiger partial charge >= 0.3 is 0 Å². The third kappa shape index (κ3) is 3.39. The molecule has 1 aliphatic rings. The quantitative estimate of drug-likeness (QED) is 0.341. The summed E-state index contributed by atoms with van der Waals surface area (Å²) in [4.78, 5) is 21.8. The van der Waals surface area contributed by atoms with E-state index in [1.165, 1.54) is 11.8 Å². The normalized spacial score (nSPS) is 13.8. The second-order valence-corrected chi connectivity index (χ2v) is 8.14. The lowest BCUT2D eigenvalue weighted by molar-refractivity contribution is 0.391. The van der Waals surface area contributed by atoms with Gasteiger partial charge in [0.15, 0.2) is 16.8 Å². The summed E-state index contributed by atoms with van der Waals surface area (Å²) in [6, 6.07) is 9.62. The van der Waals surface area contributed by atoms with Gasteiger partial charge < -0.3 is 4.52 Å². The fourth-order valence-corrected chi connectivity index (χ4v) is 4.21.